The summed E-state index contributed by atoms with van der Waals surface area (Å²) in [7, 11) is 0. The zero-order valence-corrected chi connectivity index (χ0v) is 10.1. The van der Waals surface area contributed by atoms with Gasteiger partial charge in [-0.15, -0.1) is 0 Å². The number of nitrogens with two attached hydrogens (primary N) is 1. The van der Waals surface area contributed by atoms with Crippen LogP contribution in [0.5, 0.6) is 0 Å². The van der Waals surface area contributed by atoms with Crippen molar-refractivity contribution < 1.29 is 19.4 Å². The first kappa shape index (κ1) is 13.9. The average molecular weight is 244 g/mol. The fourth-order valence-corrected chi connectivity index (χ4v) is 1.76. The van der Waals surface area contributed by atoms with Gasteiger partial charge in [0.25, 0.3) is 0 Å². The van der Waals surface area contributed by atoms with Gasteiger partial charge in [-0.2, -0.15) is 0 Å². The Labute approximate surface area is 101 Å². The van der Waals surface area contributed by atoms with E-state index in [-0.39, 0.29) is 12.5 Å². The molecule has 1 saturated heterocycles. The van der Waals surface area contributed by atoms with E-state index in [0.29, 0.717) is 32.5 Å². The van der Waals surface area contributed by atoms with Crippen LogP contribution >= 0.6 is 0 Å². The maximum Gasteiger partial charge on any atom is 0.308 e. The number of nitrogens with one attached hydrogen (secondary N) is 1. The van der Waals surface area contributed by atoms with Crippen molar-refractivity contribution in [1.29, 1.82) is 0 Å². The van der Waals surface area contributed by atoms with Gasteiger partial charge in [0.1, 0.15) is 0 Å². The van der Waals surface area contributed by atoms with Gasteiger partial charge in [-0.3, -0.25) is 9.59 Å². The summed E-state index contributed by atoms with van der Waals surface area (Å²) in [5.74, 6) is -1.73. The number of hydrogen-bond donors (Lipinski definition) is 3. The molecule has 17 heavy (non-hydrogen) atoms. The topological polar surface area (TPSA) is 102 Å². The normalized spacial score (nSPS) is 20.6. The summed E-state index contributed by atoms with van der Waals surface area (Å²) in [5.41, 5.74) is 5.06. The van der Waals surface area contributed by atoms with Crippen LogP contribution in [0.4, 0.5) is 0 Å². The Bertz CT molecular complexity index is 287. The van der Waals surface area contributed by atoms with Crippen LogP contribution in [-0.2, 0) is 14.3 Å². The predicted molar refractivity (Wildman–Crippen MR) is 61.4 cm³/mol. The molecule has 1 unspecified atom stereocenters. The predicted octanol–water partition coefficient (Wildman–Crippen LogP) is -0.279. The van der Waals surface area contributed by atoms with Gasteiger partial charge in [0.15, 0.2) is 0 Å². The lowest BCUT2D eigenvalue weighted by Gasteiger charge is -2.32. The van der Waals surface area contributed by atoms with Gasteiger partial charge < -0.3 is 20.9 Å². The molecule has 1 atom stereocenters. The highest BCUT2D eigenvalue weighted by Crippen LogP contribution is 2.17. The zero-order valence-electron chi connectivity index (χ0n) is 10.1. The Kier molecular flexibility index (Phi) is 4.89. The lowest BCUT2D eigenvalue weighted by molar-refractivity contribution is -0.142. The van der Waals surface area contributed by atoms with Crippen LogP contribution in [-0.4, -0.2) is 42.3 Å². The molecule has 4 N–H and O–H groups in total. The Morgan fingerprint density at radius 3 is 2.53 bits per heavy atom. The Morgan fingerprint density at radius 2 is 2.06 bits per heavy atom. The number of ether oxygens (including phenoxy) is 1. The van der Waals surface area contributed by atoms with Crippen molar-refractivity contribution in [2.75, 3.05) is 19.8 Å². The van der Waals surface area contributed by atoms with Crippen LogP contribution in [0.25, 0.3) is 0 Å². The van der Waals surface area contributed by atoms with Crippen LogP contribution in [0.3, 0.4) is 0 Å². The highest BCUT2D eigenvalue weighted by Gasteiger charge is 2.36. The van der Waals surface area contributed by atoms with Gasteiger partial charge >= 0.3 is 5.97 Å². The summed E-state index contributed by atoms with van der Waals surface area (Å²) >= 11 is 0. The molecule has 1 amide bonds. The van der Waals surface area contributed by atoms with Crippen LogP contribution in [0.15, 0.2) is 0 Å². The molecule has 1 aliphatic heterocycles. The quantitative estimate of drug-likeness (QED) is 0.617. The number of amides is 1. The first-order valence-corrected chi connectivity index (χ1v) is 5.87. The van der Waals surface area contributed by atoms with E-state index in [1.54, 1.807) is 6.92 Å². The molecule has 0 aromatic heterocycles. The molecule has 6 heteroatoms. The number of carboxylic acids is 1. The average Bonchev–Trinajstić information content (AvgIpc) is 2.30. The molecule has 0 saturated carbocycles. The molecular formula is C11H20N2O4. The second-order valence-corrected chi connectivity index (χ2v) is 4.42. The standard InChI is InChI=1S/C11H20N2O4/c1-2-8(9(14)15)7-13-10(16)11(12)3-5-17-6-4-11/h8H,2-7,12H2,1H3,(H,13,16)(H,14,15). The molecule has 0 aromatic carbocycles. The van der Waals surface area contributed by atoms with Gasteiger partial charge in [-0.05, 0) is 19.3 Å². The van der Waals surface area contributed by atoms with Gasteiger partial charge in [0.2, 0.25) is 5.91 Å². The van der Waals surface area contributed by atoms with Crippen molar-refractivity contribution in [2.24, 2.45) is 11.7 Å². The highest BCUT2D eigenvalue weighted by atomic mass is 16.5. The summed E-state index contributed by atoms with van der Waals surface area (Å²) in [6.07, 6.45) is 1.43. The summed E-state index contributed by atoms with van der Waals surface area (Å²) < 4.78 is 5.15. The summed E-state index contributed by atoms with van der Waals surface area (Å²) in [4.78, 5) is 22.7. The van der Waals surface area contributed by atoms with Gasteiger partial charge in [0, 0.05) is 19.8 Å². The Hall–Kier alpha value is -1.14. The molecule has 98 valence electrons. The second-order valence-electron chi connectivity index (χ2n) is 4.42. The van der Waals surface area contributed by atoms with E-state index >= 15 is 0 Å². The van der Waals surface area contributed by atoms with E-state index in [1.807, 2.05) is 0 Å². The van der Waals surface area contributed by atoms with Crippen LogP contribution in [0, 0.1) is 5.92 Å². The molecule has 6 nitrogen and oxygen atoms in total. The molecular weight excluding hydrogens is 224 g/mol. The Morgan fingerprint density at radius 1 is 1.47 bits per heavy atom. The first-order chi connectivity index (χ1) is 7.99. The van der Waals surface area contributed by atoms with E-state index in [9.17, 15) is 9.59 Å². The van der Waals surface area contributed by atoms with Crippen molar-refractivity contribution in [3.05, 3.63) is 0 Å². The molecule has 1 rings (SSSR count). The molecule has 0 spiro atoms. The largest absolute Gasteiger partial charge is 0.481 e. The third kappa shape index (κ3) is 3.67. The van der Waals surface area contributed by atoms with E-state index in [0.717, 1.165) is 0 Å². The number of rotatable bonds is 5. The lowest BCUT2D eigenvalue weighted by atomic mass is 9.90. The van der Waals surface area contributed by atoms with Crippen molar-refractivity contribution in [2.45, 2.75) is 31.7 Å². The Balaban J connectivity index is 2.45. The number of carbonyl (C=O) groups is 2. The van der Waals surface area contributed by atoms with Gasteiger partial charge in [0.05, 0.1) is 11.5 Å². The van der Waals surface area contributed by atoms with Crippen molar-refractivity contribution in [3.63, 3.8) is 0 Å². The monoisotopic (exact) mass is 244 g/mol. The van der Waals surface area contributed by atoms with Crippen molar-refractivity contribution in [1.82, 2.24) is 5.32 Å². The van der Waals surface area contributed by atoms with E-state index in [4.69, 9.17) is 15.6 Å². The number of aliphatic carboxylic acids is 1. The highest BCUT2D eigenvalue weighted by molar-refractivity contribution is 5.86. The summed E-state index contributed by atoms with van der Waals surface area (Å²) in [6.45, 7) is 2.85. The molecule has 0 radical (unpaired) electrons. The fraction of sp³-hybridized carbons (Fsp3) is 0.818. The third-order valence-electron chi connectivity index (χ3n) is 3.19. The number of hydrogen-bond acceptors (Lipinski definition) is 4. The van der Waals surface area contributed by atoms with Gasteiger partial charge in [-0.1, -0.05) is 6.92 Å². The van der Waals surface area contributed by atoms with Crippen molar-refractivity contribution in [3.8, 4) is 0 Å². The zero-order chi connectivity index (χ0) is 12.9. The molecule has 0 bridgehead atoms. The van der Waals surface area contributed by atoms with Crippen molar-refractivity contribution >= 4 is 11.9 Å². The smallest absolute Gasteiger partial charge is 0.308 e. The molecule has 1 fully saturated rings. The lowest BCUT2D eigenvalue weighted by Crippen LogP contribution is -2.57. The summed E-state index contributed by atoms with van der Waals surface area (Å²) in [5, 5.41) is 11.5. The summed E-state index contributed by atoms with van der Waals surface area (Å²) in [6, 6.07) is 0. The number of carboxylic acid groups (broad SMARTS) is 1. The molecule has 0 aliphatic carbocycles. The third-order valence-corrected chi connectivity index (χ3v) is 3.19. The minimum atomic E-state index is -0.908. The fourth-order valence-electron chi connectivity index (χ4n) is 1.76. The van der Waals surface area contributed by atoms with Crippen LogP contribution in [0.1, 0.15) is 26.2 Å². The van der Waals surface area contributed by atoms with E-state index in [2.05, 4.69) is 5.32 Å². The molecule has 1 heterocycles. The van der Waals surface area contributed by atoms with Crippen LogP contribution in [0.2, 0.25) is 0 Å². The van der Waals surface area contributed by atoms with Crippen LogP contribution < -0.4 is 11.1 Å². The molecule has 0 aromatic rings. The maximum absolute atomic E-state index is 11.9. The van der Waals surface area contributed by atoms with E-state index in [1.165, 1.54) is 0 Å². The van der Waals surface area contributed by atoms with Gasteiger partial charge in [-0.25, -0.2) is 0 Å². The maximum atomic E-state index is 11.9. The minimum Gasteiger partial charge on any atom is -0.481 e. The molecule has 1 aliphatic rings. The second kappa shape index (κ2) is 5.97. The minimum absolute atomic E-state index is 0.129. The van der Waals surface area contributed by atoms with E-state index < -0.39 is 17.4 Å². The number of carbonyl (C=O) groups excluding carboxylic acids is 1. The first-order valence-electron chi connectivity index (χ1n) is 5.87. The SMILES string of the molecule is CCC(CNC(=O)C1(N)CCOCC1)C(=O)O.